The maximum absolute atomic E-state index is 4.21. The average Bonchev–Trinajstić information content (AvgIpc) is 2.14. The number of hydrogen-bond donors (Lipinski definition) is 0. The van der Waals surface area contributed by atoms with E-state index in [-0.39, 0.29) is 0 Å². The summed E-state index contributed by atoms with van der Waals surface area (Å²) in [6.45, 7) is 9.73. The van der Waals surface area contributed by atoms with E-state index in [9.17, 15) is 0 Å². The topological polar surface area (TPSA) is 12.4 Å². The highest BCUT2D eigenvalue weighted by Gasteiger charge is 2.10. The van der Waals surface area contributed by atoms with Crippen LogP contribution in [0.15, 0.2) is 11.1 Å². The first-order valence-corrected chi connectivity index (χ1v) is 5.42. The lowest BCUT2D eigenvalue weighted by atomic mass is 9.91. The molecule has 76 valence electrons. The molecule has 0 saturated heterocycles. The van der Waals surface area contributed by atoms with E-state index in [4.69, 9.17) is 0 Å². The molecule has 0 N–H and O–H groups in total. The Kier molecular flexibility index (Phi) is 7.73. The lowest BCUT2D eigenvalue weighted by Gasteiger charge is -2.16. The molecule has 0 spiro atoms. The summed E-state index contributed by atoms with van der Waals surface area (Å²) in [5, 5.41) is 0. The zero-order valence-corrected chi connectivity index (χ0v) is 9.51. The molecular formula is C12H23N. The molecule has 0 aliphatic rings. The Morgan fingerprint density at radius 2 is 2.00 bits per heavy atom. The van der Waals surface area contributed by atoms with Crippen molar-refractivity contribution in [3.05, 3.63) is 6.08 Å². The summed E-state index contributed by atoms with van der Waals surface area (Å²) >= 11 is 0. The smallest absolute Gasteiger partial charge is 0.0512 e. The zero-order valence-electron chi connectivity index (χ0n) is 9.51. The molecule has 0 aliphatic carbocycles. The van der Waals surface area contributed by atoms with E-state index < -0.39 is 0 Å². The normalized spacial score (nSPS) is 14.5. The second-order valence-electron chi connectivity index (χ2n) is 3.86. The minimum absolute atomic E-state index is 0.694. The van der Waals surface area contributed by atoms with Gasteiger partial charge in [0.2, 0.25) is 0 Å². The van der Waals surface area contributed by atoms with E-state index >= 15 is 0 Å². The fraction of sp³-hybridized carbons (Fsp3) is 0.833. The van der Waals surface area contributed by atoms with Crippen LogP contribution in [0.2, 0.25) is 0 Å². The number of unbranched alkanes of at least 4 members (excludes halogenated alkanes) is 1. The molecule has 1 nitrogen and oxygen atoms in total. The highest BCUT2D eigenvalue weighted by molar-refractivity contribution is 5.50. The molecule has 0 bridgehead atoms. The molecule has 2 atom stereocenters. The van der Waals surface area contributed by atoms with Gasteiger partial charge in [0.15, 0.2) is 0 Å². The summed E-state index contributed by atoms with van der Waals surface area (Å²) in [7, 11) is 0. The second-order valence-corrected chi connectivity index (χ2v) is 3.86. The van der Waals surface area contributed by atoms with Gasteiger partial charge in [-0.15, -0.1) is 0 Å². The molecule has 0 radical (unpaired) electrons. The van der Waals surface area contributed by atoms with E-state index in [1.807, 2.05) is 13.0 Å². The molecular weight excluding hydrogens is 158 g/mol. The Balaban J connectivity index is 3.68. The molecule has 1 heteroatoms. The van der Waals surface area contributed by atoms with Gasteiger partial charge < -0.3 is 0 Å². The number of nitrogens with zero attached hydrogens (tertiary/aromatic N) is 1. The third-order valence-electron chi connectivity index (χ3n) is 2.58. The summed E-state index contributed by atoms with van der Waals surface area (Å²) in [5.41, 5.74) is 0. The first-order valence-electron chi connectivity index (χ1n) is 5.42. The van der Waals surface area contributed by atoms with Crippen LogP contribution in [0, 0.1) is 11.8 Å². The summed E-state index contributed by atoms with van der Waals surface area (Å²) in [6, 6.07) is 0. The van der Waals surface area contributed by atoms with Crippen molar-refractivity contribution in [3.63, 3.8) is 0 Å². The quantitative estimate of drug-likeness (QED) is 0.554. The highest BCUT2D eigenvalue weighted by atomic mass is 14.7. The minimum atomic E-state index is 0.694. The van der Waals surface area contributed by atoms with Gasteiger partial charge in [0, 0.05) is 0 Å². The summed E-state index contributed by atoms with van der Waals surface area (Å²) < 4.78 is 0. The Hall–Kier alpha value is -0.550. The van der Waals surface area contributed by atoms with Crippen molar-refractivity contribution in [3.8, 4) is 0 Å². The molecule has 0 aliphatic heterocycles. The first kappa shape index (κ1) is 12.4. The van der Waals surface area contributed by atoms with E-state index in [1.165, 1.54) is 19.3 Å². The molecule has 0 aromatic rings. The summed E-state index contributed by atoms with van der Waals surface area (Å²) in [6.07, 6.45) is 5.85. The van der Waals surface area contributed by atoms with Crippen LogP contribution in [0.1, 0.15) is 47.0 Å². The lowest BCUT2D eigenvalue weighted by molar-refractivity contribution is 0.363. The molecule has 0 aromatic heterocycles. The summed E-state index contributed by atoms with van der Waals surface area (Å²) in [5.74, 6) is 4.38. The van der Waals surface area contributed by atoms with Crippen LogP contribution >= 0.6 is 0 Å². The van der Waals surface area contributed by atoms with Crippen molar-refractivity contribution in [2.45, 2.75) is 47.0 Å². The molecule has 0 fully saturated rings. The van der Waals surface area contributed by atoms with Gasteiger partial charge in [-0.2, -0.15) is 0 Å². The number of rotatable bonds is 6. The Labute approximate surface area is 83.0 Å². The van der Waals surface area contributed by atoms with Gasteiger partial charge >= 0.3 is 0 Å². The molecule has 2 unspecified atom stereocenters. The number of allylic oxidation sites excluding steroid dienone is 1. The van der Waals surface area contributed by atoms with Crippen LogP contribution in [-0.4, -0.2) is 12.4 Å². The van der Waals surface area contributed by atoms with E-state index in [2.05, 4.69) is 31.6 Å². The van der Waals surface area contributed by atoms with Crippen molar-refractivity contribution in [1.29, 1.82) is 0 Å². The van der Waals surface area contributed by atoms with Crippen LogP contribution in [0.5, 0.6) is 0 Å². The Morgan fingerprint density at radius 3 is 2.54 bits per heavy atom. The van der Waals surface area contributed by atoms with Gasteiger partial charge in [-0.25, -0.2) is 4.99 Å². The van der Waals surface area contributed by atoms with Crippen LogP contribution < -0.4 is 0 Å². The van der Waals surface area contributed by atoms with Gasteiger partial charge in [-0.05, 0) is 30.7 Å². The highest BCUT2D eigenvalue weighted by Crippen LogP contribution is 2.17. The Bertz CT molecular complexity index is 166. The third-order valence-corrected chi connectivity index (χ3v) is 2.58. The van der Waals surface area contributed by atoms with Gasteiger partial charge in [0.1, 0.15) is 0 Å². The predicted molar refractivity (Wildman–Crippen MR) is 60.4 cm³/mol. The van der Waals surface area contributed by atoms with E-state index in [1.54, 1.807) is 0 Å². The fourth-order valence-corrected chi connectivity index (χ4v) is 1.28. The molecule has 13 heavy (non-hydrogen) atoms. The number of aliphatic imine (C=N–C) groups is 1. The fourth-order valence-electron chi connectivity index (χ4n) is 1.28. The average molecular weight is 181 g/mol. The third kappa shape index (κ3) is 6.60. The zero-order chi connectivity index (χ0) is 10.1. The molecule has 0 rings (SSSR count). The van der Waals surface area contributed by atoms with E-state index in [0.717, 1.165) is 12.5 Å². The molecule has 0 saturated carbocycles. The van der Waals surface area contributed by atoms with E-state index in [0.29, 0.717) is 5.92 Å². The van der Waals surface area contributed by atoms with Crippen molar-refractivity contribution in [2.75, 3.05) is 6.54 Å². The lowest BCUT2D eigenvalue weighted by Crippen LogP contribution is -2.10. The van der Waals surface area contributed by atoms with Crippen molar-refractivity contribution < 1.29 is 0 Å². The maximum atomic E-state index is 4.21. The predicted octanol–water partition coefficient (Wildman–Crippen LogP) is 3.69. The molecule has 0 aromatic carbocycles. The largest absolute Gasteiger partial charge is 0.243 e. The van der Waals surface area contributed by atoms with Gasteiger partial charge in [-0.3, -0.25) is 0 Å². The molecule has 0 heterocycles. The van der Waals surface area contributed by atoms with Crippen LogP contribution in [0.3, 0.4) is 0 Å². The number of hydrogen-bond acceptors (Lipinski definition) is 1. The van der Waals surface area contributed by atoms with Crippen LogP contribution in [0.4, 0.5) is 0 Å². The van der Waals surface area contributed by atoms with Crippen LogP contribution in [-0.2, 0) is 0 Å². The minimum Gasteiger partial charge on any atom is -0.243 e. The van der Waals surface area contributed by atoms with Gasteiger partial charge in [0.05, 0.1) is 6.54 Å². The van der Waals surface area contributed by atoms with Gasteiger partial charge in [-0.1, -0.05) is 40.0 Å². The van der Waals surface area contributed by atoms with Crippen molar-refractivity contribution in [1.82, 2.24) is 0 Å². The summed E-state index contributed by atoms with van der Waals surface area (Å²) in [4.78, 5) is 4.21. The SMILES string of the molecule is CC=C=NCC(C)C(C)CCCC. The standard InChI is InChI=1S/C12H23N/c1-5-7-8-11(3)12(4)10-13-9-6-2/h6,11-12H,5,7-8,10H2,1-4H3. The van der Waals surface area contributed by atoms with Crippen LogP contribution in [0.25, 0.3) is 0 Å². The molecule has 0 amide bonds. The monoisotopic (exact) mass is 181 g/mol. The second kappa shape index (κ2) is 8.07. The Morgan fingerprint density at radius 1 is 1.31 bits per heavy atom. The van der Waals surface area contributed by atoms with Crippen molar-refractivity contribution in [2.24, 2.45) is 16.8 Å². The van der Waals surface area contributed by atoms with Gasteiger partial charge in [0.25, 0.3) is 0 Å². The maximum Gasteiger partial charge on any atom is 0.0512 e. The first-order chi connectivity index (χ1) is 6.22. The van der Waals surface area contributed by atoms with Crippen molar-refractivity contribution >= 4 is 5.87 Å².